The van der Waals surface area contributed by atoms with E-state index >= 15 is 0 Å². The molecule has 0 fully saturated rings. The summed E-state index contributed by atoms with van der Waals surface area (Å²) >= 11 is 0. The van der Waals surface area contributed by atoms with Gasteiger partial charge < -0.3 is 19.3 Å². The second-order valence-corrected chi connectivity index (χ2v) is 8.96. The molecule has 0 saturated carbocycles. The van der Waals surface area contributed by atoms with Gasteiger partial charge >= 0.3 is 12.0 Å². The third-order valence-electron chi connectivity index (χ3n) is 4.84. The molecule has 0 unspecified atom stereocenters. The Morgan fingerprint density at radius 2 is 1.80 bits per heavy atom. The normalized spacial score (nSPS) is 11.5. The molecule has 0 aliphatic rings. The lowest BCUT2D eigenvalue weighted by Gasteiger charge is -2.21. The summed E-state index contributed by atoms with van der Waals surface area (Å²) in [7, 11) is 2.94. The Kier molecular flexibility index (Phi) is 8.01. The molecule has 184 valence electrons. The number of methoxy groups -OCH3 is 2. The summed E-state index contributed by atoms with van der Waals surface area (Å²) in [5.41, 5.74) is 2.68. The number of halogens is 1. The Morgan fingerprint density at radius 3 is 2.46 bits per heavy atom. The van der Waals surface area contributed by atoms with Gasteiger partial charge in [0.15, 0.2) is 0 Å². The number of nitrogens with zero attached hydrogens (tertiary/aromatic N) is 3. The van der Waals surface area contributed by atoms with Gasteiger partial charge in [-0.05, 0) is 42.2 Å². The molecule has 0 aliphatic carbocycles. The van der Waals surface area contributed by atoms with Crippen molar-refractivity contribution >= 4 is 12.0 Å². The zero-order valence-electron chi connectivity index (χ0n) is 20.3. The molecule has 0 atom stereocenters. The third kappa shape index (κ3) is 7.23. The van der Waals surface area contributed by atoms with Gasteiger partial charge in [-0.3, -0.25) is 4.98 Å². The van der Waals surface area contributed by atoms with E-state index in [0.29, 0.717) is 34.7 Å². The lowest BCUT2D eigenvalue weighted by Crippen LogP contribution is -2.13. The Labute approximate surface area is 203 Å². The minimum Gasteiger partial charge on any atom is -0.497 e. The van der Waals surface area contributed by atoms with Crippen LogP contribution in [0.1, 0.15) is 37.9 Å². The smallest absolute Gasteiger partial charge is 0.328 e. The van der Waals surface area contributed by atoms with E-state index < -0.39 is 5.97 Å². The van der Waals surface area contributed by atoms with Gasteiger partial charge in [-0.1, -0.05) is 26.8 Å². The van der Waals surface area contributed by atoms with Gasteiger partial charge in [-0.15, -0.1) is 0 Å². The van der Waals surface area contributed by atoms with E-state index in [4.69, 9.17) is 24.3 Å². The van der Waals surface area contributed by atoms with Crippen LogP contribution in [0.15, 0.2) is 42.5 Å². The zero-order valence-corrected chi connectivity index (χ0v) is 20.3. The van der Waals surface area contributed by atoms with Crippen LogP contribution < -0.4 is 14.2 Å². The van der Waals surface area contributed by atoms with Crippen LogP contribution in [0.3, 0.4) is 0 Å². The summed E-state index contributed by atoms with van der Waals surface area (Å²) in [5.74, 6) is -0.708. The second-order valence-electron chi connectivity index (χ2n) is 8.96. The van der Waals surface area contributed by atoms with Crippen molar-refractivity contribution in [3.63, 3.8) is 0 Å². The highest BCUT2D eigenvalue weighted by Crippen LogP contribution is 2.32. The molecule has 1 aromatic carbocycles. The molecule has 0 amide bonds. The Morgan fingerprint density at radius 1 is 1.03 bits per heavy atom. The first-order valence-corrected chi connectivity index (χ1v) is 10.9. The minimum absolute atomic E-state index is 0.0396. The van der Waals surface area contributed by atoms with E-state index in [1.807, 2.05) is 6.07 Å². The fraction of sp³-hybridized carbons (Fsp3) is 0.308. The summed E-state index contributed by atoms with van der Waals surface area (Å²) in [6.07, 6.45) is 2.89. The van der Waals surface area contributed by atoms with Gasteiger partial charge in [-0.25, -0.2) is 9.18 Å². The van der Waals surface area contributed by atoms with Crippen LogP contribution in [0.5, 0.6) is 17.6 Å². The van der Waals surface area contributed by atoms with Crippen LogP contribution in [-0.4, -0.2) is 40.2 Å². The Bertz CT molecular complexity index is 1240. The van der Waals surface area contributed by atoms with Gasteiger partial charge in [-0.2, -0.15) is 9.97 Å². The molecule has 0 radical (unpaired) electrons. The average Bonchev–Trinajstić information content (AvgIpc) is 2.81. The van der Waals surface area contributed by atoms with Gasteiger partial charge in [0.1, 0.15) is 18.2 Å². The molecular formula is C26H28FN3O5. The third-order valence-corrected chi connectivity index (χ3v) is 4.84. The van der Waals surface area contributed by atoms with E-state index in [0.717, 1.165) is 11.8 Å². The lowest BCUT2D eigenvalue weighted by atomic mass is 9.87. The van der Waals surface area contributed by atoms with Crippen LogP contribution in [0.2, 0.25) is 0 Å². The standard InChI is InChI=1S/C26H28FN3O5/c1-26(2,3)14-22-19(20-13-18(33-4)8-10-21(20)27)9-6-17(28-22)15-35-23-12-16(7-11-24(31)32)29-25(30-23)34-5/h6-13H,14-15H2,1-5H3,(H,31,32). The number of pyridine rings is 1. The predicted octanol–water partition coefficient (Wildman–Crippen LogP) is 4.96. The molecule has 35 heavy (non-hydrogen) atoms. The fourth-order valence-electron chi connectivity index (χ4n) is 3.32. The molecular weight excluding hydrogens is 453 g/mol. The molecule has 1 N–H and O–H groups in total. The maximum absolute atomic E-state index is 14.7. The number of carbonyl (C=O) groups is 1. The van der Waals surface area contributed by atoms with E-state index in [2.05, 4.69) is 30.7 Å². The zero-order chi connectivity index (χ0) is 25.6. The van der Waals surface area contributed by atoms with Crippen molar-refractivity contribution in [3.8, 4) is 28.8 Å². The largest absolute Gasteiger partial charge is 0.497 e. The molecule has 0 spiro atoms. The highest BCUT2D eigenvalue weighted by atomic mass is 19.1. The number of rotatable bonds is 9. The number of aromatic nitrogens is 3. The van der Waals surface area contributed by atoms with Crippen molar-refractivity contribution in [1.29, 1.82) is 0 Å². The number of hydrogen-bond donors (Lipinski definition) is 1. The first-order valence-electron chi connectivity index (χ1n) is 10.9. The van der Waals surface area contributed by atoms with Crippen molar-refractivity contribution in [2.75, 3.05) is 14.2 Å². The SMILES string of the molecule is COc1ccc(F)c(-c2ccc(COc3cc(C=CC(=O)O)nc(OC)n3)nc2CC(C)(C)C)c1. The van der Waals surface area contributed by atoms with Crippen molar-refractivity contribution in [2.45, 2.75) is 33.8 Å². The number of carboxylic acid groups (broad SMARTS) is 1. The van der Waals surface area contributed by atoms with Gasteiger partial charge in [0.2, 0.25) is 5.88 Å². The molecule has 0 aliphatic heterocycles. The maximum atomic E-state index is 14.7. The van der Waals surface area contributed by atoms with Crippen LogP contribution in [0.25, 0.3) is 17.2 Å². The molecule has 2 aromatic heterocycles. The number of aliphatic carboxylic acids is 1. The number of ether oxygens (including phenoxy) is 3. The summed E-state index contributed by atoms with van der Waals surface area (Å²) < 4.78 is 30.9. The highest BCUT2D eigenvalue weighted by molar-refractivity contribution is 5.84. The molecule has 8 nitrogen and oxygen atoms in total. The lowest BCUT2D eigenvalue weighted by molar-refractivity contribution is -0.131. The average molecular weight is 482 g/mol. The maximum Gasteiger partial charge on any atom is 0.328 e. The molecule has 0 bridgehead atoms. The quantitative estimate of drug-likeness (QED) is 0.428. The second kappa shape index (κ2) is 10.9. The van der Waals surface area contributed by atoms with Gasteiger partial charge in [0.05, 0.1) is 25.6 Å². The van der Waals surface area contributed by atoms with Crippen molar-refractivity contribution < 1.29 is 28.5 Å². The van der Waals surface area contributed by atoms with E-state index in [1.54, 1.807) is 18.2 Å². The van der Waals surface area contributed by atoms with E-state index in [9.17, 15) is 9.18 Å². The Hall–Kier alpha value is -4.01. The van der Waals surface area contributed by atoms with E-state index in [-0.39, 0.29) is 29.7 Å². The monoisotopic (exact) mass is 481 g/mol. The summed E-state index contributed by atoms with van der Waals surface area (Å²) in [6.45, 7) is 6.34. The summed E-state index contributed by atoms with van der Waals surface area (Å²) in [4.78, 5) is 23.8. The van der Waals surface area contributed by atoms with Crippen LogP contribution in [0.4, 0.5) is 4.39 Å². The predicted molar refractivity (Wildman–Crippen MR) is 129 cm³/mol. The molecule has 0 saturated heterocycles. The number of benzene rings is 1. The van der Waals surface area contributed by atoms with Crippen molar-refractivity contribution in [3.05, 3.63) is 65.4 Å². The first kappa shape index (κ1) is 25.6. The fourth-order valence-corrected chi connectivity index (χ4v) is 3.32. The van der Waals surface area contributed by atoms with Gasteiger partial charge in [0.25, 0.3) is 0 Å². The van der Waals surface area contributed by atoms with Crippen LogP contribution in [0, 0.1) is 11.2 Å². The van der Waals surface area contributed by atoms with Crippen molar-refractivity contribution in [2.24, 2.45) is 5.41 Å². The minimum atomic E-state index is -1.10. The number of hydrogen-bond acceptors (Lipinski definition) is 7. The summed E-state index contributed by atoms with van der Waals surface area (Å²) in [5, 5.41) is 8.85. The Balaban J connectivity index is 1.92. The highest BCUT2D eigenvalue weighted by Gasteiger charge is 2.19. The molecule has 3 aromatic rings. The van der Waals surface area contributed by atoms with Crippen LogP contribution >= 0.6 is 0 Å². The molecule has 3 rings (SSSR count). The molecule has 2 heterocycles. The van der Waals surface area contributed by atoms with Gasteiger partial charge in [0, 0.05) is 29.0 Å². The first-order chi connectivity index (χ1) is 16.6. The van der Waals surface area contributed by atoms with E-state index in [1.165, 1.54) is 32.4 Å². The topological polar surface area (TPSA) is 104 Å². The summed E-state index contributed by atoms with van der Waals surface area (Å²) in [6, 6.07) is 9.75. The molecule has 9 heteroatoms. The van der Waals surface area contributed by atoms with Crippen molar-refractivity contribution in [1.82, 2.24) is 15.0 Å². The number of carboxylic acids is 1. The van der Waals surface area contributed by atoms with Crippen LogP contribution in [-0.2, 0) is 17.8 Å².